The Bertz CT molecular complexity index is 1270. The molecule has 0 saturated carbocycles. The molecule has 0 aromatic heterocycles. The fourth-order valence-corrected chi connectivity index (χ4v) is 4.94. The average Bonchev–Trinajstić information content (AvgIpc) is 2.72. The fourth-order valence-electron chi connectivity index (χ4n) is 2.90. The lowest BCUT2D eigenvalue weighted by Crippen LogP contribution is -2.20. The van der Waals surface area contributed by atoms with E-state index < -0.39 is 25.3 Å². The maximum Gasteiger partial charge on any atom is 0.290 e. The third-order valence-electron chi connectivity index (χ3n) is 4.35. The maximum absolute atomic E-state index is 12.8. The summed E-state index contributed by atoms with van der Waals surface area (Å²) in [5.74, 6) is -0.266. The van der Waals surface area contributed by atoms with E-state index in [2.05, 4.69) is 10.6 Å². The Morgan fingerprint density at radius 1 is 0.774 bits per heavy atom. The lowest BCUT2D eigenvalue weighted by atomic mass is 10.2. The van der Waals surface area contributed by atoms with Crippen LogP contribution in [0.5, 0.6) is 0 Å². The molecule has 1 amide bonds. The van der Waals surface area contributed by atoms with Crippen molar-refractivity contribution in [3.05, 3.63) is 84.4 Å². The molecule has 0 fully saturated rings. The van der Waals surface area contributed by atoms with Gasteiger partial charge in [-0.25, -0.2) is 8.42 Å². The van der Waals surface area contributed by atoms with Gasteiger partial charge in [0.15, 0.2) is 5.37 Å². The Morgan fingerprint density at radius 2 is 1.26 bits per heavy atom. The Balaban J connectivity index is 1.84. The van der Waals surface area contributed by atoms with Gasteiger partial charge in [0.25, 0.3) is 10.1 Å². The van der Waals surface area contributed by atoms with Crippen LogP contribution in [0, 0.1) is 0 Å². The molecule has 0 saturated heterocycles. The third kappa shape index (κ3) is 5.48. The number of carbonyl (C=O) groups is 1. The Labute approximate surface area is 180 Å². The van der Waals surface area contributed by atoms with Crippen LogP contribution in [0.25, 0.3) is 0 Å². The molecule has 3 N–H and O–H groups in total. The summed E-state index contributed by atoms with van der Waals surface area (Å²) in [6.45, 7) is 1.35. The second kappa shape index (κ2) is 8.88. The van der Waals surface area contributed by atoms with Crippen molar-refractivity contribution in [1.29, 1.82) is 0 Å². The minimum Gasteiger partial charge on any atom is -0.363 e. The first-order valence-corrected chi connectivity index (χ1v) is 12.1. The predicted octanol–water partition coefficient (Wildman–Crippen LogP) is 3.48. The zero-order valence-corrected chi connectivity index (χ0v) is 18.0. The van der Waals surface area contributed by atoms with Gasteiger partial charge in [0, 0.05) is 18.3 Å². The summed E-state index contributed by atoms with van der Waals surface area (Å²) in [6.07, 6.45) is 0. The van der Waals surface area contributed by atoms with Crippen LogP contribution in [0.3, 0.4) is 0 Å². The largest absolute Gasteiger partial charge is 0.363 e. The number of carbonyl (C=O) groups excluding carboxylic acids is 1. The first kappa shape index (κ1) is 22.5. The molecule has 0 spiro atoms. The van der Waals surface area contributed by atoms with E-state index >= 15 is 0 Å². The van der Waals surface area contributed by atoms with E-state index in [0.29, 0.717) is 16.9 Å². The first-order valence-electron chi connectivity index (χ1n) is 9.08. The third-order valence-corrected chi connectivity index (χ3v) is 7.12. The molecule has 0 bridgehead atoms. The lowest BCUT2D eigenvalue weighted by molar-refractivity contribution is -0.114. The van der Waals surface area contributed by atoms with Crippen molar-refractivity contribution < 1.29 is 26.2 Å². The number of hydrogen-bond acceptors (Lipinski definition) is 6. The van der Waals surface area contributed by atoms with E-state index in [-0.39, 0.29) is 15.7 Å². The Kier molecular flexibility index (Phi) is 6.44. The SMILES string of the molecule is CC(=O)Nc1ccc(S(=O)(=O)c2ccc(NC(c3ccccc3)S(=O)(=O)O)cc2)cc1. The molecule has 0 aliphatic carbocycles. The van der Waals surface area contributed by atoms with Crippen molar-refractivity contribution in [3.63, 3.8) is 0 Å². The van der Waals surface area contributed by atoms with Gasteiger partial charge < -0.3 is 10.6 Å². The topological polar surface area (TPSA) is 130 Å². The zero-order chi connectivity index (χ0) is 22.6. The van der Waals surface area contributed by atoms with Crippen LogP contribution in [-0.4, -0.2) is 27.3 Å². The monoisotopic (exact) mass is 460 g/mol. The van der Waals surface area contributed by atoms with E-state index in [4.69, 9.17) is 0 Å². The molecule has 0 aliphatic rings. The Morgan fingerprint density at radius 3 is 1.71 bits per heavy atom. The summed E-state index contributed by atoms with van der Waals surface area (Å²) in [4.78, 5) is 11.1. The van der Waals surface area contributed by atoms with Gasteiger partial charge in [-0.3, -0.25) is 9.35 Å². The highest BCUT2D eigenvalue weighted by molar-refractivity contribution is 7.91. The average molecular weight is 461 g/mol. The van der Waals surface area contributed by atoms with E-state index in [1.807, 2.05) is 0 Å². The molecule has 10 heteroatoms. The zero-order valence-electron chi connectivity index (χ0n) is 16.4. The summed E-state index contributed by atoms with van der Waals surface area (Å²) < 4.78 is 58.9. The molecule has 8 nitrogen and oxygen atoms in total. The van der Waals surface area contributed by atoms with Crippen LogP contribution >= 0.6 is 0 Å². The van der Waals surface area contributed by atoms with Crippen LogP contribution in [0.2, 0.25) is 0 Å². The van der Waals surface area contributed by atoms with Crippen molar-refractivity contribution in [2.45, 2.75) is 22.1 Å². The summed E-state index contributed by atoms with van der Waals surface area (Å²) in [5, 5.41) is 3.86. The number of benzene rings is 3. The van der Waals surface area contributed by atoms with Crippen LogP contribution in [-0.2, 0) is 24.7 Å². The van der Waals surface area contributed by atoms with Gasteiger partial charge >= 0.3 is 0 Å². The van der Waals surface area contributed by atoms with Crippen molar-refractivity contribution >= 4 is 37.2 Å². The Hall–Kier alpha value is -3.21. The minimum absolute atomic E-state index is 0.00782. The highest BCUT2D eigenvalue weighted by atomic mass is 32.2. The van der Waals surface area contributed by atoms with Crippen molar-refractivity contribution in [3.8, 4) is 0 Å². The number of anilines is 2. The number of rotatable bonds is 7. The molecular formula is C21H20N2O6S2. The highest BCUT2D eigenvalue weighted by Crippen LogP contribution is 2.27. The number of hydrogen-bond donors (Lipinski definition) is 3. The van der Waals surface area contributed by atoms with Gasteiger partial charge in [0.1, 0.15) is 0 Å². The fraction of sp³-hybridized carbons (Fsp3) is 0.0952. The summed E-state index contributed by atoms with van der Waals surface area (Å²) in [7, 11) is -8.29. The van der Waals surface area contributed by atoms with Gasteiger partial charge in [-0.15, -0.1) is 0 Å². The first-order chi connectivity index (χ1) is 14.6. The predicted molar refractivity (Wildman–Crippen MR) is 117 cm³/mol. The lowest BCUT2D eigenvalue weighted by Gasteiger charge is -2.17. The molecule has 1 atom stereocenters. The summed E-state index contributed by atoms with van der Waals surface area (Å²) in [5.41, 5.74) is 1.12. The molecule has 0 radical (unpaired) electrons. The number of nitrogens with one attached hydrogen (secondary N) is 2. The van der Waals surface area contributed by atoms with Gasteiger partial charge in [-0.1, -0.05) is 30.3 Å². The molecule has 31 heavy (non-hydrogen) atoms. The second-order valence-electron chi connectivity index (χ2n) is 6.68. The molecule has 162 valence electrons. The normalized spacial score (nSPS) is 12.7. The van der Waals surface area contributed by atoms with Crippen molar-refractivity contribution in [1.82, 2.24) is 0 Å². The summed E-state index contributed by atoms with van der Waals surface area (Å²) in [6, 6.07) is 19.4. The number of amides is 1. The van der Waals surface area contributed by atoms with Crippen LogP contribution in [0.15, 0.2) is 88.7 Å². The van der Waals surface area contributed by atoms with Gasteiger partial charge in [-0.2, -0.15) is 8.42 Å². The van der Waals surface area contributed by atoms with Gasteiger partial charge in [-0.05, 0) is 54.1 Å². The quantitative estimate of drug-likeness (QED) is 0.460. The summed E-state index contributed by atoms with van der Waals surface area (Å²) >= 11 is 0. The van der Waals surface area contributed by atoms with Crippen molar-refractivity contribution in [2.24, 2.45) is 0 Å². The highest BCUT2D eigenvalue weighted by Gasteiger charge is 2.25. The molecule has 0 heterocycles. The number of sulfone groups is 1. The molecule has 3 aromatic rings. The van der Waals surface area contributed by atoms with Crippen LogP contribution < -0.4 is 10.6 Å². The van der Waals surface area contributed by atoms with E-state index in [9.17, 15) is 26.2 Å². The van der Waals surface area contributed by atoms with Crippen molar-refractivity contribution in [2.75, 3.05) is 10.6 Å². The molecule has 1 unspecified atom stereocenters. The molecule has 3 aromatic carbocycles. The molecule has 0 aliphatic heterocycles. The minimum atomic E-state index is -4.47. The van der Waals surface area contributed by atoms with Gasteiger partial charge in [0.2, 0.25) is 15.7 Å². The van der Waals surface area contributed by atoms with Crippen LogP contribution in [0.4, 0.5) is 11.4 Å². The molecule has 3 rings (SSSR count). The van der Waals surface area contributed by atoms with E-state index in [1.165, 1.54) is 55.5 Å². The van der Waals surface area contributed by atoms with E-state index in [1.54, 1.807) is 30.3 Å². The maximum atomic E-state index is 12.8. The van der Waals surface area contributed by atoms with E-state index in [0.717, 1.165) is 0 Å². The second-order valence-corrected chi connectivity index (χ2v) is 10.1. The molecular weight excluding hydrogens is 440 g/mol. The standard InChI is InChI=1S/C21H20N2O6S2/c1-15(24)22-17-7-11-19(12-8-17)30(25,26)20-13-9-18(10-14-20)23-21(31(27,28)29)16-5-3-2-4-6-16/h2-14,21,23H,1H3,(H,22,24)(H,27,28,29). The van der Waals surface area contributed by atoms with Gasteiger partial charge in [0.05, 0.1) is 9.79 Å². The van der Waals surface area contributed by atoms with Crippen LogP contribution in [0.1, 0.15) is 17.9 Å². The smallest absolute Gasteiger partial charge is 0.290 e.